The summed E-state index contributed by atoms with van der Waals surface area (Å²) in [5, 5.41) is 0. The largest absolute Gasteiger partial charge is 0.393 e. The van der Waals surface area contributed by atoms with Gasteiger partial charge in [0.05, 0.1) is 12.2 Å². The molecule has 1 fully saturated rings. The molecule has 0 aliphatic heterocycles. The van der Waals surface area contributed by atoms with Crippen LogP contribution in [0.1, 0.15) is 36.9 Å². The number of nitrogens with two attached hydrogens (primary N) is 1. The van der Waals surface area contributed by atoms with Crippen LogP contribution in [0.15, 0.2) is 33.5 Å². The zero-order chi connectivity index (χ0) is 14.3. The predicted octanol–water partition coefficient (Wildman–Crippen LogP) is 2.94. The normalized spacial score (nSPS) is 14.7. The molecule has 1 aromatic carbocycles. The first kappa shape index (κ1) is 13.5. The van der Waals surface area contributed by atoms with Crippen LogP contribution in [0.2, 0.25) is 0 Å². The third-order valence-electron chi connectivity index (χ3n) is 3.82. The maximum absolute atomic E-state index is 12.4. The molecule has 1 aliphatic rings. The van der Waals surface area contributed by atoms with Gasteiger partial charge in [-0.15, -0.1) is 0 Å². The Morgan fingerprint density at radius 2 is 1.90 bits per heavy atom. The van der Waals surface area contributed by atoms with E-state index in [1.165, 1.54) is 0 Å². The van der Waals surface area contributed by atoms with Crippen LogP contribution in [0.5, 0.6) is 0 Å². The van der Waals surface area contributed by atoms with Gasteiger partial charge in [-0.1, -0.05) is 28.1 Å². The first-order valence-electron chi connectivity index (χ1n) is 6.95. The van der Waals surface area contributed by atoms with Crippen molar-refractivity contribution in [3.63, 3.8) is 0 Å². The van der Waals surface area contributed by atoms with E-state index in [1.807, 2.05) is 24.3 Å². The van der Waals surface area contributed by atoms with Gasteiger partial charge in [-0.25, -0.2) is 4.68 Å². The molecule has 2 aromatic rings. The van der Waals surface area contributed by atoms with Crippen molar-refractivity contribution in [2.45, 2.75) is 38.8 Å². The van der Waals surface area contributed by atoms with Crippen LogP contribution >= 0.6 is 15.9 Å². The van der Waals surface area contributed by atoms with E-state index in [9.17, 15) is 4.79 Å². The quantitative estimate of drug-likeness (QED) is 0.933. The number of hydrogen-bond donors (Lipinski definition) is 1. The molecule has 0 saturated heterocycles. The number of hydrogen-bond acceptors (Lipinski definition) is 2. The van der Waals surface area contributed by atoms with Gasteiger partial charge in [0.1, 0.15) is 5.69 Å². The van der Waals surface area contributed by atoms with E-state index in [0.29, 0.717) is 18.2 Å². The number of nitrogens with zero attached hydrogens (tertiary/aromatic N) is 2. The summed E-state index contributed by atoms with van der Waals surface area (Å²) >= 11 is 3.42. The van der Waals surface area contributed by atoms with Crippen LogP contribution in [0.4, 0.5) is 5.69 Å². The predicted molar refractivity (Wildman–Crippen MR) is 84.0 cm³/mol. The minimum atomic E-state index is -0.0586. The van der Waals surface area contributed by atoms with E-state index in [4.69, 9.17) is 5.73 Å². The summed E-state index contributed by atoms with van der Waals surface area (Å²) < 4.78 is 4.86. The molecular weight excluding hydrogens is 318 g/mol. The van der Waals surface area contributed by atoms with Crippen molar-refractivity contribution in [2.24, 2.45) is 0 Å². The van der Waals surface area contributed by atoms with Gasteiger partial charge in [0.2, 0.25) is 0 Å². The van der Waals surface area contributed by atoms with E-state index in [0.717, 1.165) is 35.1 Å². The second kappa shape index (κ2) is 5.13. The topological polar surface area (TPSA) is 52.9 Å². The molecule has 0 radical (unpaired) electrons. The molecule has 5 heteroatoms. The maximum Gasteiger partial charge on any atom is 0.290 e. The van der Waals surface area contributed by atoms with Crippen molar-refractivity contribution in [2.75, 3.05) is 5.73 Å². The molecule has 1 heterocycles. The molecular formula is C15H18BrN3O. The molecule has 0 amide bonds. The first-order valence-corrected chi connectivity index (χ1v) is 7.74. The van der Waals surface area contributed by atoms with Crippen LogP contribution in [0, 0.1) is 0 Å². The van der Waals surface area contributed by atoms with Crippen molar-refractivity contribution in [3.8, 4) is 0 Å². The molecule has 2 N–H and O–H groups in total. The summed E-state index contributed by atoms with van der Waals surface area (Å²) in [6, 6.07) is 8.03. The van der Waals surface area contributed by atoms with Crippen molar-refractivity contribution < 1.29 is 0 Å². The summed E-state index contributed by atoms with van der Waals surface area (Å²) in [6.45, 7) is 3.40. The van der Waals surface area contributed by atoms with Gasteiger partial charge in [-0.05, 0) is 37.5 Å². The molecule has 106 valence electrons. The van der Waals surface area contributed by atoms with Crippen LogP contribution in [0.3, 0.4) is 0 Å². The molecule has 1 saturated carbocycles. The zero-order valence-electron chi connectivity index (χ0n) is 11.5. The highest BCUT2D eigenvalue weighted by atomic mass is 79.9. The lowest BCUT2D eigenvalue weighted by atomic mass is 10.2. The Labute approximate surface area is 126 Å². The number of benzene rings is 1. The van der Waals surface area contributed by atoms with Gasteiger partial charge in [0.25, 0.3) is 5.56 Å². The first-order chi connectivity index (χ1) is 9.61. The molecule has 0 spiro atoms. The summed E-state index contributed by atoms with van der Waals surface area (Å²) in [6.07, 6.45) is 2.29. The highest BCUT2D eigenvalue weighted by Gasteiger charge is 2.31. The molecule has 1 aromatic heterocycles. The highest BCUT2D eigenvalue weighted by Crippen LogP contribution is 2.42. The number of anilines is 1. The van der Waals surface area contributed by atoms with Crippen molar-refractivity contribution >= 4 is 21.6 Å². The van der Waals surface area contributed by atoms with E-state index < -0.39 is 0 Å². The second-order valence-electron chi connectivity index (χ2n) is 5.28. The number of aromatic nitrogens is 2. The molecule has 1 aliphatic carbocycles. The Morgan fingerprint density at radius 1 is 1.25 bits per heavy atom. The minimum Gasteiger partial charge on any atom is -0.393 e. The fourth-order valence-corrected chi connectivity index (χ4v) is 2.94. The smallest absolute Gasteiger partial charge is 0.290 e. The third kappa shape index (κ3) is 2.30. The monoisotopic (exact) mass is 335 g/mol. The fraction of sp³-hybridized carbons (Fsp3) is 0.400. The summed E-state index contributed by atoms with van der Waals surface area (Å²) in [5.74, 6) is 0.480. The van der Waals surface area contributed by atoms with Crippen molar-refractivity contribution in [1.82, 2.24) is 9.36 Å². The lowest BCUT2D eigenvalue weighted by Gasteiger charge is -2.13. The lowest BCUT2D eigenvalue weighted by molar-refractivity contribution is 0.473. The third-order valence-corrected chi connectivity index (χ3v) is 4.35. The minimum absolute atomic E-state index is 0.0586. The van der Waals surface area contributed by atoms with Crippen LogP contribution in [0.25, 0.3) is 0 Å². The van der Waals surface area contributed by atoms with Gasteiger partial charge >= 0.3 is 0 Å². The average molecular weight is 336 g/mol. The van der Waals surface area contributed by atoms with E-state index >= 15 is 0 Å². The Morgan fingerprint density at radius 3 is 2.45 bits per heavy atom. The summed E-state index contributed by atoms with van der Waals surface area (Å²) in [5.41, 5.74) is 8.55. The average Bonchev–Trinajstić information content (AvgIpc) is 3.24. The summed E-state index contributed by atoms with van der Waals surface area (Å²) in [4.78, 5) is 12.4. The standard InChI is InChI=1S/C15H18BrN3O/c1-2-18-14(11-5-6-11)13(17)15(20)19(18)9-10-3-7-12(16)8-4-10/h3-4,7-8,11H,2,5-6,9,17H2,1H3. The Kier molecular flexibility index (Phi) is 3.46. The molecule has 4 nitrogen and oxygen atoms in total. The molecule has 0 atom stereocenters. The van der Waals surface area contributed by atoms with E-state index in [2.05, 4.69) is 27.5 Å². The fourth-order valence-electron chi connectivity index (χ4n) is 2.68. The Balaban J connectivity index is 2.02. The molecule has 3 rings (SSSR count). The van der Waals surface area contributed by atoms with Crippen molar-refractivity contribution in [1.29, 1.82) is 0 Å². The number of rotatable bonds is 4. The SMILES string of the molecule is CCn1c(C2CC2)c(N)c(=O)n1Cc1ccc(Br)cc1. The van der Waals surface area contributed by atoms with Gasteiger partial charge in [0.15, 0.2) is 0 Å². The van der Waals surface area contributed by atoms with Crippen molar-refractivity contribution in [3.05, 3.63) is 50.3 Å². The van der Waals surface area contributed by atoms with Crippen LogP contribution < -0.4 is 11.3 Å². The molecule has 0 bridgehead atoms. The molecule has 20 heavy (non-hydrogen) atoms. The number of halogens is 1. The molecule has 0 unspecified atom stereocenters. The van der Waals surface area contributed by atoms with Gasteiger partial charge in [0, 0.05) is 16.9 Å². The number of nitrogen functional groups attached to an aromatic ring is 1. The maximum atomic E-state index is 12.4. The van der Waals surface area contributed by atoms with Gasteiger partial charge < -0.3 is 5.73 Å². The van der Waals surface area contributed by atoms with Crippen LogP contribution in [-0.2, 0) is 13.1 Å². The Hall–Kier alpha value is -1.49. The summed E-state index contributed by atoms with van der Waals surface area (Å²) in [7, 11) is 0. The van der Waals surface area contributed by atoms with E-state index in [1.54, 1.807) is 4.68 Å². The van der Waals surface area contributed by atoms with Gasteiger partial charge in [-0.2, -0.15) is 0 Å². The van der Waals surface area contributed by atoms with Gasteiger partial charge in [-0.3, -0.25) is 9.48 Å². The Bertz CT molecular complexity index is 680. The van der Waals surface area contributed by atoms with Crippen LogP contribution in [-0.4, -0.2) is 9.36 Å². The second-order valence-corrected chi connectivity index (χ2v) is 6.19. The highest BCUT2D eigenvalue weighted by molar-refractivity contribution is 9.10. The van der Waals surface area contributed by atoms with E-state index in [-0.39, 0.29) is 5.56 Å². The lowest BCUT2D eigenvalue weighted by Crippen LogP contribution is -2.24. The zero-order valence-corrected chi connectivity index (χ0v) is 13.1.